The van der Waals surface area contributed by atoms with Crippen LogP contribution in [-0.4, -0.2) is 65.9 Å². The number of carbonyl (C=O) groups is 2. The third-order valence-corrected chi connectivity index (χ3v) is 6.21. The minimum Gasteiger partial charge on any atom is -0.496 e. The molecule has 1 aliphatic rings. The van der Waals surface area contributed by atoms with Gasteiger partial charge in [0.15, 0.2) is 0 Å². The van der Waals surface area contributed by atoms with Crippen LogP contribution in [0.2, 0.25) is 0 Å². The number of nitrogens with one attached hydrogen (secondary N) is 1. The molecular weight excluding hydrogens is 436 g/mol. The van der Waals surface area contributed by atoms with Crippen molar-refractivity contribution < 1.29 is 19.2 Å². The van der Waals surface area contributed by atoms with Gasteiger partial charge in [0, 0.05) is 31.7 Å². The number of nitro benzene ring substituents is 1. The molecule has 0 saturated carbocycles. The summed E-state index contributed by atoms with van der Waals surface area (Å²) in [4.78, 5) is 40.6. The maximum absolute atomic E-state index is 13.2. The first-order valence-electron chi connectivity index (χ1n) is 11.0. The van der Waals surface area contributed by atoms with Gasteiger partial charge < -0.3 is 15.0 Å². The zero-order valence-electron chi connectivity index (χ0n) is 19.1. The number of anilines is 1. The lowest BCUT2D eigenvalue weighted by Crippen LogP contribution is -2.54. The number of fused-ring (bicyclic) bond motifs is 1. The molecule has 3 aromatic rings. The standard InChI is InChI=1S/C25H26N4O5/c1-17(24(30)26-22-11-10-19(34-2)16-23(22)29(32)33)27-12-14-28(15-13-27)25(31)21-9-5-7-18-6-3-4-8-20(18)21/h3-11,16-17H,12-15H2,1-2H3,(H,26,30). The van der Waals surface area contributed by atoms with E-state index in [1.54, 1.807) is 17.9 Å². The molecule has 9 nitrogen and oxygen atoms in total. The van der Waals surface area contributed by atoms with E-state index in [4.69, 9.17) is 4.74 Å². The Labute approximate surface area is 197 Å². The molecule has 1 saturated heterocycles. The summed E-state index contributed by atoms with van der Waals surface area (Å²) in [5, 5.41) is 16.0. The van der Waals surface area contributed by atoms with Crippen LogP contribution in [0.5, 0.6) is 5.75 Å². The molecule has 0 aromatic heterocycles. The van der Waals surface area contributed by atoms with Crippen molar-refractivity contribution in [2.75, 3.05) is 38.6 Å². The molecule has 0 spiro atoms. The second-order valence-corrected chi connectivity index (χ2v) is 8.16. The Morgan fingerprint density at radius 3 is 2.44 bits per heavy atom. The lowest BCUT2D eigenvalue weighted by atomic mass is 10.0. The largest absolute Gasteiger partial charge is 0.496 e. The molecule has 1 N–H and O–H groups in total. The Kier molecular flexibility index (Phi) is 6.74. The third-order valence-electron chi connectivity index (χ3n) is 6.21. The zero-order valence-corrected chi connectivity index (χ0v) is 19.1. The van der Waals surface area contributed by atoms with E-state index in [0.29, 0.717) is 37.5 Å². The van der Waals surface area contributed by atoms with Crippen LogP contribution in [0.4, 0.5) is 11.4 Å². The quantitative estimate of drug-likeness (QED) is 0.444. The van der Waals surface area contributed by atoms with Gasteiger partial charge in [0.25, 0.3) is 11.6 Å². The average molecular weight is 463 g/mol. The predicted molar refractivity (Wildman–Crippen MR) is 129 cm³/mol. The summed E-state index contributed by atoms with van der Waals surface area (Å²) in [6.07, 6.45) is 0. The van der Waals surface area contributed by atoms with Crippen molar-refractivity contribution in [3.05, 3.63) is 76.3 Å². The van der Waals surface area contributed by atoms with Gasteiger partial charge in [0.05, 0.1) is 24.1 Å². The SMILES string of the molecule is COc1ccc(NC(=O)C(C)N2CCN(C(=O)c3cccc4ccccc34)CC2)c([N+](=O)[O-])c1. The number of hydrogen-bond donors (Lipinski definition) is 1. The van der Waals surface area contributed by atoms with Crippen LogP contribution >= 0.6 is 0 Å². The van der Waals surface area contributed by atoms with Gasteiger partial charge in [-0.1, -0.05) is 36.4 Å². The first kappa shape index (κ1) is 23.2. The minimum absolute atomic E-state index is 0.0255. The number of nitro groups is 1. The summed E-state index contributed by atoms with van der Waals surface area (Å²) in [5.41, 5.74) is 0.557. The van der Waals surface area contributed by atoms with Gasteiger partial charge in [-0.25, -0.2) is 0 Å². The number of nitrogens with zero attached hydrogens (tertiary/aromatic N) is 3. The van der Waals surface area contributed by atoms with E-state index >= 15 is 0 Å². The molecule has 0 aliphatic carbocycles. The van der Waals surface area contributed by atoms with Gasteiger partial charge >= 0.3 is 0 Å². The van der Waals surface area contributed by atoms with Crippen LogP contribution in [0.1, 0.15) is 17.3 Å². The minimum atomic E-state index is -0.555. The van der Waals surface area contributed by atoms with Gasteiger partial charge in [0.2, 0.25) is 5.91 Å². The van der Waals surface area contributed by atoms with Gasteiger partial charge in [-0.15, -0.1) is 0 Å². The van der Waals surface area contributed by atoms with Gasteiger partial charge in [-0.3, -0.25) is 24.6 Å². The van der Waals surface area contributed by atoms with Gasteiger partial charge in [-0.05, 0) is 35.9 Å². The van der Waals surface area contributed by atoms with Crippen LogP contribution in [0, 0.1) is 10.1 Å². The maximum Gasteiger partial charge on any atom is 0.296 e. The second kappa shape index (κ2) is 9.88. The fraction of sp³-hybridized carbons (Fsp3) is 0.280. The van der Waals surface area contributed by atoms with Crippen molar-refractivity contribution in [2.45, 2.75) is 13.0 Å². The lowest BCUT2D eigenvalue weighted by molar-refractivity contribution is -0.384. The fourth-order valence-electron chi connectivity index (χ4n) is 4.19. The number of carbonyl (C=O) groups excluding carboxylic acids is 2. The topological polar surface area (TPSA) is 105 Å². The van der Waals surface area contributed by atoms with E-state index in [1.807, 2.05) is 47.4 Å². The second-order valence-electron chi connectivity index (χ2n) is 8.16. The van der Waals surface area contributed by atoms with Gasteiger partial charge in [-0.2, -0.15) is 0 Å². The predicted octanol–water partition coefficient (Wildman–Crippen LogP) is 3.54. The summed E-state index contributed by atoms with van der Waals surface area (Å²) in [5.74, 6) is -0.0331. The summed E-state index contributed by atoms with van der Waals surface area (Å²) in [6.45, 7) is 3.78. The van der Waals surface area contributed by atoms with Crippen molar-refractivity contribution in [3.8, 4) is 5.75 Å². The highest BCUT2D eigenvalue weighted by Gasteiger charge is 2.29. The fourth-order valence-corrected chi connectivity index (χ4v) is 4.19. The highest BCUT2D eigenvalue weighted by atomic mass is 16.6. The molecule has 4 rings (SSSR count). The molecule has 1 fully saturated rings. The molecule has 0 radical (unpaired) electrons. The molecule has 9 heteroatoms. The molecule has 3 aromatic carbocycles. The summed E-state index contributed by atoms with van der Waals surface area (Å²) in [7, 11) is 1.42. The molecule has 1 heterocycles. The number of piperazine rings is 1. The summed E-state index contributed by atoms with van der Waals surface area (Å²) < 4.78 is 5.04. The number of hydrogen-bond acceptors (Lipinski definition) is 6. The Morgan fingerprint density at radius 2 is 1.74 bits per heavy atom. The molecule has 1 unspecified atom stereocenters. The molecule has 0 bridgehead atoms. The van der Waals surface area contributed by atoms with E-state index in [9.17, 15) is 19.7 Å². The monoisotopic (exact) mass is 462 g/mol. The van der Waals surface area contributed by atoms with Crippen LogP contribution in [-0.2, 0) is 4.79 Å². The van der Waals surface area contributed by atoms with Crippen molar-refractivity contribution in [2.24, 2.45) is 0 Å². The smallest absolute Gasteiger partial charge is 0.296 e. The van der Waals surface area contributed by atoms with Crippen LogP contribution in [0.3, 0.4) is 0 Å². The number of ether oxygens (including phenoxy) is 1. The highest BCUT2D eigenvalue weighted by molar-refractivity contribution is 6.07. The molecule has 176 valence electrons. The van der Waals surface area contributed by atoms with Crippen molar-refractivity contribution in [1.82, 2.24) is 9.80 Å². The first-order valence-corrected chi connectivity index (χ1v) is 11.0. The van der Waals surface area contributed by atoms with E-state index in [2.05, 4.69) is 5.32 Å². The summed E-state index contributed by atoms with van der Waals surface area (Å²) >= 11 is 0. The zero-order chi connectivity index (χ0) is 24.2. The highest BCUT2D eigenvalue weighted by Crippen LogP contribution is 2.29. The van der Waals surface area contributed by atoms with Gasteiger partial charge in [0.1, 0.15) is 11.4 Å². The Bertz CT molecular complexity index is 1230. The Morgan fingerprint density at radius 1 is 1.03 bits per heavy atom. The number of amides is 2. The molecule has 1 atom stereocenters. The van der Waals surface area contributed by atoms with E-state index in [-0.39, 0.29) is 23.2 Å². The van der Waals surface area contributed by atoms with E-state index in [1.165, 1.54) is 19.2 Å². The lowest BCUT2D eigenvalue weighted by Gasteiger charge is -2.37. The van der Waals surface area contributed by atoms with Crippen LogP contribution in [0.15, 0.2) is 60.7 Å². The average Bonchev–Trinajstić information content (AvgIpc) is 2.87. The molecule has 1 aliphatic heterocycles. The van der Waals surface area contributed by atoms with Crippen LogP contribution < -0.4 is 10.1 Å². The Balaban J connectivity index is 1.40. The molecule has 2 amide bonds. The normalized spacial score (nSPS) is 15.1. The number of methoxy groups -OCH3 is 1. The first-order chi connectivity index (χ1) is 16.4. The van der Waals surface area contributed by atoms with E-state index in [0.717, 1.165) is 10.8 Å². The van der Waals surface area contributed by atoms with Crippen LogP contribution in [0.25, 0.3) is 10.8 Å². The maximum atomic E-state index is 13.2. The van der Waals surface area contributed by atoms with Crippen molar-refractivity contribution >= 4 is 34.0 Å². The summed E-state index contributed by atoms with van der Waals surface area (Å²) in [6, 6.07) is 17.3. The Hall–Kier alpha value is -3.98. The number of benzene rings is 3. The number of rotatable bonds is 6. The van der Waals surface area contributed by atoms with E-state index < -0.39 is 11.0 Å². The third kappa shape index (κ3) is 4.69. The van der Waals surface area contributed by atoms with Crippen molar-refractivity contribution in [3.63, 3.8) is 0 Å². The van der Waals surface area contributed by atoms with Crippen molar-refractivity contribution in [1.29, 1.82) is 0 Å². The molecule has 34 heavy (non-hydrogen) atoms. The molecular formula is C25H26N4O5.